The van der Waals surface area contributed by atoms with Gasteiger partial charge in [0.2, 0.25) is 0 Å². The second-order valence-corrected chi connectivity index (χ2v) is 6.09. The third-order valence-electron chi connectivity index (χ3n) is 3.24. The van der Waals surface area contributed by atoms with E-state index in [0.29, 0.717) is 6.04 Å². The van der Waals surface area contributed by atoms with Crippen molar-refractivity contribution in [3.05, 3.63) is 21.0 Å². The maximum absolute atomic E-state index is 5.65. The molecule has 17 heavy (non-hydrogen) atoms. The first-order valence-corrected chi connectivity index (χ1v) is 7.61. The first kappa shape index (κ1) is 13.6. The lowest BCUT2D eigenvalue weighted by atomic mass is 10.0. The third kappa shape index (κ3) is 3.56. The molecule has 0 bridgehead atoms. The number of halogens is 2. The van der Waals surface area contributed by atoms with Crippen molar-refractivity contribution in [2.45, 2.75) is 31.8 Å². The van der Waals surface area contributed by atoms with Crippen LogP contribution in [-0.2, 0) is 6.54 Å². The second kappa shape index (κ2) is 6.36. The fourth-order valence-corrected chi connectivity index (χ4v) is 3.06. The molecule has 1 N–H and O–H groups in total. The van der Waals surface area contributed by atoms with Crippen LogP contribution < -0.4 is 5.32 Å². The molecule has 1 atom stereocenters. The summed E-state index contributed by atoms with van der Waals surface area (Å²) in [6.07, 6.45) is 3.92. The lowest BCUT2D eigenvalue weighted by Crippen LogP contribution is -2.44. The Morgan fingerprint density at radius 1 is 1.47 bits per heavy atom. The van der Waals surface area contributed by atoms with Crippen LogP contribution in [0.2, 0.25) is 0 Å². The first-order valence-electron chi connectivity index (χ1n) is 6.03. The van der Waals surface area contributed by atoms with Crippen LogP contribution in [0, 0.1) is 0 Å². The van der Waals surface area contributed by atoms with Gasteiger partial charge in [-0.05, 0) is 64.4 Å². The lowest BCUT2D eigenvalue weighted by Gasteiger charge is -2.35. The van der Waals surface area contributed by atoms with Crippen LogP contribution in [0.15, 0.2) is 19.6 Å². The molecule has 1 unspecified atom stereocenters. The molecule has 1 fully saturated rings. The van der Waals surface area contributed by atoms with Crippen LogP contribution in [0.1, 0.15) is 25.0 Å². The Morgan fingerprint density at radius 3 is 2.94 bits per heavy atom. The Kier molecular flexibility index (Phi) is 5.09. The highest BCUT2D eigenvalue weighted by molar-refractivity contribution is 9.13. The molecular formula is C12H18Br2N2O. The molecule has 0 aromatic carbocycles. The van der Waals surface area contributed by atoms with E-state index in [1.54, 1.807) is 0 Å². The number of rotatable bonds is 4. The molecule has 3 nitrogen and oxygen atoms in total. The van der Waals surface area contributed by atoms with Gasteiger partial charge in [-0.25, -0.2) is 0 Å². The Balaban J connectivity index is 2.00. The van der Waals surface area contributed by atoms with Crippen molar-refractivity contribution in [1.29, 1.82) is 0 Å². The fourth-order valence-electron chi connectivity index (χ4n) is 2.40. The predicted molar refractivity (Wildman–Crippen MR) is 76.1 cm³/mol. The summed E-state index contributed by atoms with van der Waals surface area (Å²) in [5.41, 5.74) is 0. The molecule has 0 spiro atoms. The van der Waals surface area contributed by atoms with Gasteiger partial charge in [-0.1, -0.05) is 6.42 Å². The zero-order chi connectivity index (χ0) is 12.3. The smallest absolute Gasteiger partial charge is 0.183 e. The summed E-state index contributed by atoms with van der Waals surface area (Å²) >= 11 is 6.84. The Morgan fingerprint density at radius 2 is 2.29 bits per heavy atom. The Bertz CT molecular complexity index is 346. The summed E-state index contributed by atoms with van der Waals surface area (Å²) in [5, 5.41) is 3.28. The number of furan rings is 1. The largest absolute Gasteiger partial charge is 0.452 e. The van der Waals surface area contributed by atoms with Crippen LogP contribution in [0.25, 0.3) is 0 Å². The average Bonchev–Trinajstić information content (AvgIpc) is 2.61. The quantitative estimate of drug-likeness (QED) is 0.886. The van der Waals surface area contributed by atoms with E-state index >= 15 is 0 Å². The van der Waals surface area contributed by atoms with Crippen LogP contribution in [0.5, 0.6) is 0 Å². The molecule has 96 valence electrons. The average molecular weight is 366 g/mol. The van der Waals surface area contributed by atoms with Crippen LogP contribution >= 0.6 is 31.9 Å². The number of likely N-dealkylation sites (tertiary alicyclic amines) is 1. The van der Waals surface area contributed by atoms with Crippen molar-refractivity contribution in [1.82, 2.24) is 10.2 Å². The molecule has 2 heterocycles. The fraction of sp³-hybridized carbons (Fsp3) is 0.667. The summed E-state index contributed by atoms with van der Waals surface area (Å²) in [6.45, 7) is 3.13. The molecule has 2 rings (SSSR count). The zero-order valence-corrected chi connectivity index (χ0v) is 13.2. The van der Waals surface area contributed by atoms with Gasteiger partial charge in [0.15, 0.2) is 4.67 Å². The van der Waals surface area contributed by atoms with Crippen LogP contribution in [0.4, 0.5) is 0 Å². The van der Waals surface area contributed by atoms with Gasteiger partial charge in [0.05, 0.1) is 11.0 Å². The molecular weight excluding hydrogens is 348 g/mol. The summed E-state index contributed by atoms with van der Waals surface area (Å²) in [7, 11) is 2.02. The van der Waals surface area contributed by atoms with E-state index in [9.17, 15) is 0 Å². The van der Waals surface area contributed by atoms with Gasteiger partial charge in [0.25, 0.3) is 0 Å². The highest BCUT2D eigenvalue weighted by Gasteiger charge is 2.23. The van der Waals surface area contributed by atoms with Gasteiger partial charge >= 0.3 is 0 Å². The maximum Gasteiger partial charge on any atom is 0.183 e. The number of piperidine rings is 1. The topological polar surface area (TPSA) is 28.4 Å². The molecule has 0 saturated carbocycles. The molecule has 1 aliphatic rings. The van der Waals surface area contributed by atoms with Crippen LogP contribution in [0.3, 0.4) is 0 Å². The van der Waals surface area contributed by atoms with Crippen molar-refractivity contribution >= 4 is 31.9 Å². The normalized spacial score (nSPS) is 21.9. The highest BCUT2D eigenvalue weighted by Crippen LogP contribution is 2.28. The molecule has 1 aromatic rings. The van der Waals surface area contributed by atoms with Crippen molar-refractivity contribution in [3.63, 3.8) is 0 Å². The molecule has 5 heteroatoms. The first-order chi connectivity index (χ1) is 8.20. The minimum atomic E-state index is 0.636. The summed E-state index contributed by atoms with van der Waals surface area (Å²) < 4.78 is 7.43. The van der Waals surface area contributed by atoms with E-state index in [1.165, 1.54) is 25.8 Å². The molecule has 0 radical (unpaired) electrons. The van der Waals surface area contributed by atoms with E-state index in [0.717, 1.165) is 28.0 Å². The zero-order valence-electron chi connectivity index (χ0n) is 10.0. The summed E-state index contributed by atoms with van der Waals surface area (Å²) in [4.78, 5) is 2.51. The summed E-state index contributed by atoms with van der Waals surface area (Å²) in [5.74, 6) is 1.02. The standard InChI is InChI=1S/C12H18Br2N2O/c1-15-7-9-4-2-3-5-16(9)8-10-6-11(13)12(14)17-10/h6,9,15H,2-5,7-8H2,1H3. The predicted octanol–water partition coefficient (Wildman–Crippen LogP) is 3.38. The van der Waals surface area contributed by atoms with E-state index < -0.39 is 0 Å². The van der Waals surface area contributed by atoms with Gasteiger partial charge in [-0.15, -0.1) is 0 Å². The van der Waals surface area contributed by atoms with Crippen molar-refractivity contribution < 1.29 is 4.42 Å². The van der Waals surface area contributed by atoms with E-state index in [-0.39, 0.29) is 0 Å². The lowest BCUT2D eigenvalue weighted by molar-refractivity contribution is 0.129. The van der Waals surface area contributed by atoms with Gasteiger partial charge in [-0.3, -0.25) is 4.90 Å². The van der Waals surface area contributed by atoms with Gasteiger partial charge in [-0.2, -0.15) is 0 Å². The molecule has 1 saturated heterocycles. The van der Waals surface area contributed by atoms with Crippen molar-refractivity contribution in [2.75, 3.05) is 20.1 Å². The minimum Gasteiger partial charge on any atom is -0.452 e. The molecule has 1 aliphatic heterocycles. The number of nitrogens with zero attached hydrogens (tertiary/aromatic N) is 1. The van der Waals surface area contributed by atoms with E-state index in [4.69, 9.17) is 4.42 Å². The number of likely N-dealkylation sites (N-methyl/N-ethyl adjacent to an activating group) is 1. The third-order valence-corrected chi connectivity index (χ3v) is 4.95. The molecule has 0 amide bonds. The minimum absolute atomic E-state index is 0.636. The number of hydrogen-bond acceptors (Lipinski definition) is 3. The SMILES string of the molecule is CNCC1CCCCN1Cc1cc(Br)c(Br)o1. The molecule has 1 aromatic heterocycles. The Hall–Kier alpha value is 0.160. The number of hydrogen-bond donors (Lipinski definition) is 1. The van der Waals surface area contributed by atoms with E-state index in [1.807, 2.05) is 7.05 Å². The van der Waals surface area contributed by atoms with Crippen molar-refractivity contribution in [3.8, 4) is 0 Å². The molecule has 0 aliphatic carbocycles. The maximum atomic E-state index is 5.65. The van der Waals surface area contributed by atoms with Gasteiger partial charge < -0.3 is 9.73 Å². The Labute approximate surface area is 119 Å². The number of nitrogens with one attached hydrogen (secondary N) is 1. The van der Waals surface area contributed by atoms with Gasteiger partial charge in [0, 0.05) is 12.6 Å². The highest BCUT2D eigenvalue weighted by atomic mass is 79.9. The van der Waals surface area contributed by atoms with Gasteiger partial charge in [0.1, 0.15) is 5.76 Å². The summed E-state index contributed by atoms with van der Waals surface area (Å²) in [6, 6.07) is 2.69. The van der Waals surface area contributed by atoms with Crippen molar-refractivity contribution in [2.24, 2.45) is 0 Å². The second-order valence-electron chi connectivity index (χ2n) is 4.51. The van der Waals surface area contributed by atoms with E-state index in [2.05, 4.69) is 48.1 Å². The monoisotopic (exact) mass is 364 g/mol. The van der Waals surface area contributed by atoms with Crippen LogP contribution in [-0.4, -0.2) is 31.1 Å².